The van der Waals surface area contributed by atoms with Gasteiger partial charge in [-0.3, -0.25) is 9.59 Å². The van der Waals surface area contributed by atoms with Crippen LogP contribution in [0.2, 0.25) is 0 Å². The van der Waals surface area contributed by atoms with E-state index in [1.165, 1.54) is 6.26 Å². The Morgan fingerprint density at radius 3 is 2.96 bits per heavy atom. The molecule has 1 N–H and O–H groups in total. The quantitative estimate of drug-likeness (QED) is 0.704. The van der Waals surface area contributed by atoms with E-state index in [0.29, 0.717) is 18.8 Å². The van der Waals surface area contributed by atoms with Crippen molar-refractivity contribution in [2.45, 2.75) is 51.6 Å². The lowest BCUT2D eigenvalue weighted by molar-refractivity contribution is -0.136. The van der Waals surface area contributed by atoms with Gasteiger partial charge in [0.05, 0.1) is 12.6 Å². The first-order valence-electron chi connectivity index (χ1n) is 8.28. The van der Waals surface area contributed by atoms with Gasteiger partial charge in [-0.1, -0.05) is 24.9 Å². The van der Waals surface area contributed by atoms with Gasteiger partial charge in [-0.15, -0.1) is 0 Å². The van der Waals surface area contributed by atoms with Crippen molar-refractivity contribution in [2.75, 3.05) is 25.0 Å². The Bertz CT molecular complexity index is 484. The summed E-state index contributed by atoms with van der Waals surface area (Å²) in [5, 5.41) is 6.26. The van der Waals surface area contributed by atoms with Gasteiger partial charge in [-0.25, -0.2) is 0 Å². The average molecular weight is 323 g/mol. The number of nitrogens with zero attached hydrogens (tertiary/aromatic N) is 2. The number of hydrogen-bond donors (Lipinski definition) is 1. The van der Waals surface area contributed by atoms with Crippen LogP contribution in [0.15, 0.2) is 16.9 Å². The molecule has 23 heavy (non-hydrogen) atoms. The molecule has 1 aliphatic rings. The summed E-state index contributed by atoms with van der Waals surface area (Å²) in [7, 11) is 0. The van der Waals surface area contributed by atoms with Gasteiger partial charge < -0.3 is 19.5 Å². The third-order valence-electron chi connectivity index (χ3n) is 3.83. The second-order valence-electron chi connectivity index (χ2n) is 5.80. The largest absolute Gasteiger partial charge is 0.376 e. The minimum absolute atomic E-state index is 0.00394. The molecule has 0 bridgehead atoms. The van der Waals surface area contributed by atoms with Crippen LogP contribution in [0.3, 0.4) is 0 Å². The maximum Gasteiger partial charge on any atom is 0.245 e. The SMILES string of the molecule is CCCCCC(=O)N(CC(=O)Nc1ccon1)CC1CCCO1. The highest BCUT2D eigenvalue weighted by molar-refractivity contribution is 5.93. The number of carbonyl (C=O) groups excluding carboxylic acids is 2. The molecule has 7 heteroatoms. The molecule has 2 rings (SSSR count). The van der Waals surface area contributed by atoms with Crippen LogP contribution in [0.5, 0.6) is 0 Å². The predicted octanol–water partition coefficient (Wildman–Crippen LogP) is 2.20. The number of aromatic nitrogens is 1. The Morgan fingerprint density at radius 1 is 1.43 bits per heavy atom. The third-order valence-corrected chi connectivity index (χ3v) is 3.83. The highest BCUT2D eigenvalue weighted by Gasteiger charge is 2.24. The highest BCUT2D eigenvalue weighted by atomic mass is 16.5. The minimum Gasteiger partial charge on any atom is -0.376 e. The summed E-state index contributed by atoms with van der Waals surface area (Å²) in [5.74, 6) is 0.0792. The van der Waals surface area contributed by atoms with Crippen molar-refractivity contribution < 1.29 is 18.8 Å². The van der Waals surface area contributed by atoms with Gasteiger partial charge in [0.15, 0.2) is 5.82 Å². The second kappa shape index (κ2) is 9.29. The normalized spacial score (nSPS) is 17.2. The third kappa shape index (κ3) is 6.02. The summed E-state index contributed by atoms with van der Waals surface area (Å²) in [6.07, 6.45) is 6.76. The van der Waals surface area contributed by atoms with Crippen LogP contribution in [-0.4, -0.2) is 47.7 Å². The van der Waals surface area contributed by atoms with E-state index >= 15 is 0 Å². The number of nitrogens with one attached hydrogen (secondary N) is 1. The lowest BCUT2D eigenvalue weighted by Crippen LogP contribution is -2.42. The molecule has 0 radical (unpaired) electrons. The Balaban J connectivity index is 1.88. The van der Waals surface area contributed by atoms with E-state index in [0.717, 1.165) is 38.7 Å². The molecule has 1 saturated heterocycles. The summed E-state index contributed by atoms with van der Waals surface area (Å²) in [5.41, 5.74) is 0. The fourth-order valence-corrected chi connectivity index (χ4v) is 2.61. The first-order chi connectivity index (χ1) is 11.2. The van der Waals surface area contributed by atoms with E-state index in [9.17, 15) is 9.59 Å². The number of unbranched alkanes of at least 4 members (excludes halogenated alkanes) is 2. The molecular formula is C16H25N3O4. The molecule has 0 spiro atoms. The zero-order valence-corrected chi connectivity index (χ0v) is 13.6. The molecule has 0 saturated carbocycles. The molecule has 1 aromatic rings. The van der Waals surface area contributed by atoms with Crippen LogP contribution in [0, 0.1) is 0 Å². The van der Waals surface area contributed by atoms with Crippen LogP contribution in [0.4, 0.5) is 5.82 Å². The minimum atomic E-state index is -0.277. The number of carbonyl (C=O) groups is 2. The second-order valence-corrected chi connectivity index (χ2v) is 5.80. The maximum atomic E-state index is 12.4. The molecule has 7 nitrogen and oxygen atoms in total. The van der Waals surface area contributed by atoms with Crippen molar-refractivity contribution in [1.29, 1.82) is 0 Å². The zero-order valence-electron chi connectivity index (χ0n) is 13.6. The number of ether oxygens (including phenoxy) is 1. The Labute approximate surface area is 136 Å². The van der Waals surface area contributed by atoms with Gasteiger partial charge in [0, 0.05) is 25.6 Å². The molecule has 2 heterocycles. The van der Waals surface area contributed by atoms with Crippen LogP contribution in [-0.2, 0) is 14.3 Å². The molecule has 2 amide bonds. The lowest BCUT2D eigenvalue weighted by Gasteiger charge is -2.25. The van der Waals surface area contributed by atoms with Crippen LogP contribution in [0.25, 0.3) is 0 Å². The number of hydrogen-bond acceptors (Lipinski definition) is 5. The molecule has 1 aromatic heterocycles. The zero-order chi connectivity index (χ0) is 16.5. The summed E-state index contributed by atoms with van der Waals surface area (Å²) in [6, 6.07) is 1.56. The van der Waals surface area contributed by atoms with Crippen molar-refractivity contribution >= 4 is 17.6 Å². The number of anilines is 1. The Kier molecular flexibility index (Phi) is 7.06. The molecule has 0 aromatic carbocycles. The standard InChI is InChI=1S/C16H25N3O4/c1-2-3-4-7-16(21)19(11-13-6-5-9-22-13)12-15(20)17-14-8-10-23-18-14/h8,10,13H,2-7,9,11-12H2,1H3,(H,17,18,20). The van der Waals surface area contributed by atoms with E-state index < -0.39 is 0 Å². The molecule has 1 fully saturated rings. The smallest absolute Gasteiger partial charge is 0.245 e. The molecule has 128 valence electrons. The summed E-state index contributed by atoms with van der Waals surface area (Å²) in [6.45, 7) is 3.31. The van der Waals surface area contributed by atoms with Gasteiger partial charge in [0.1, 0.15) is 6.26 Å². The van der Waals surface area contributed by atoms with E-state index in [4.69, 9.17) is 4.74 Å². The highest BCUT2D eigenvalue weighted by Crippen LogP contribution is 2.15. The molecule has 1 aliphatic heterocycles. The van der Waals surface area contributed by atoms with Gasteiger partial charge in [-0.2, -0.15) is 0 Å². The summed E-state index contributed by atoms with van der Waals surface area (Å²) in [4.78, 5) is 26.1. The average Bonchev–Trinajstić information content (AvgIpc) is 3.20. The fraction of sp³-hybridized carbons (Fsp3) is 0.688. The Hall–Kier alpha value is -1.89. The maximum absolute atomic E-state index is 12.4. The Morgan fingerprint density at radius 2 is 2.30 bits per heavy atom. The van der Waals surface area contributed by atoms with Crippen molar-refractivity contribution in [2.24, 2.45) is 0 Å². The topological polar surface area (TPSA) is 84.7 Å². The van der Waals surface area contributed by atoms with Crippen molar-refractivity contribution in [3.05, 3.63) is 12.3 Å². The summed E-state index contributed by atoms with van der Waals surface area (Å²) >= 11 is 0. The van der Waals surface area contributed by atoms with Gasteiger partial charge >= 0.3 is 0 Å². The van der Waals surface area contributed by atoms with Gasteiger partial charge in [0.2, 0.25) is 11.8 Å². The van der Waals surface area contributed by atoms with E-state index in [1.807, 2.05) is 0 Å². The molecule has 1 atom stereocenters. The van der Waals surface area contributed by atoms with Gasteiger partial charge in [-0.05, 0) is 19.3 Å². The number of rotatable bonds is 9. The van der Waals surface area contributed by atoms with Crippen LogP contribution >= 0.6 is 0 Å². The van der Waals surface area contributed by atoms with Crippen LogP contribution in [0.1, 0.15) is 45.4 Å². The van der Waals surface area contributed by atoms with Crippen molar-refractivity contribution in [3.63, 3.8) is 0 Å². The predicted molar refractivity (Wildman–Crippen MR) is 84.8 cm³/mol. The molecule has 1 unspecified atom stereocenters. The van der Waals surface area contributed by atoms with Crippen LogP contribution < -0.4 is 5.32 Å². The molecule has 0 aliphatic carbocycles. The van der Waals surface area contributed by atoms with E-state index in [2.05, 4.69) is 21.9 Å². The van der Waals surface area contributed by atoms with Crippen molar-refractivity contribution in [1.82, 2.24) is 10.1 Å². The molecular weight excluding hydrogens is 298 g/mol. The number of amides is 2. The van der Waals surface area contributed by atoms with E-state index in [1.54, 1.807) is 11.0 Å². The fourth-order valence-electron chi connectivity index (χ4n) is 2.61. The summed E-state index contributed by atoms with van der Waals surface area (Å²) < 4.78 is 10.3. The first kappa shape index (κ1) is 17.5. The van der Waals surface area contributed by atoms with Crippen molar-refractivity contribution in [3.8, 4) is 0 Å². The van der Waals surface area contributed by atoms with Gasteiger partial charge in [0.25, 0.3) is 0 Å². The first-order valence-corrected chi connectivity index (χ1v) is 8.28. The van der Waals surface area contributed by atoms with E-state index in [-0.39, 0.29) is 24.5 Å². The lowest BCUT2D eigenvalue weighted by atomic mass is 10.1. The monoisotopic (exact) mass is 323 g/mol.